The number of nitrogen functional groups attached to an aromatic ring is 1. The Hall–Kier alpha value is -1.48. The highest BCUT2D eigenvalue weighted by molar-refractivity contribution is 5.23. The third kappa shape index (κ3) is 2.47. The first-order valence-corrected chi connectivity index (χ1v) is 5.39. The molecule has 19 heavy (non-hydrogen) atoms. The zero-order valence-electron chi connectivity index (χ0n) is 9.72. The predicted molar refractivity (Wildman–Crippen MR) is 67.3 cm³/mol. The van der Waals surface area contributed by atoms with Crippen LogP contribution in [0.1, 0.15) is 20.6 Å². The molecule has 2 heterocycles. The average Bonchev–Trinajstić information content (AvgIpc) is 2.52. The summed E-state index contributed by atoms with van der Waals surface area (Å²) in [4.78, 5) is 15.2. The van der Waals surface area contributed by atoms with Crippen LogP contribution in [0.2, 0.25) is 0 Å². The van der Waals surface area contributed by atoms with Crippen molar-refractivity contribution in [1.82, 2.24) is 9.55 Å². The number of hydrogen-bond donors (Lipinski definition) is 4. The van der Waals surface area contributed by atoms with Gasteiger partial charge in [-0.15, -0.1) is 0 Å². The minimum Gasteiger partial charge on any atom is -0.394 e. The minimum atomic E-state index is -1.71. The van der Waals surface area contributed by atoms with Gasteiger partial charge in [0.25, 0.3) is 0 Å². The van der Waals surface area contributed by atoms with Crippen LogP contribution in [0, 0.1) is 0 Å². The monoisotopic (exact) mass is 273 g/mol. The van der Waals surface area contributed by atoms with E-state index in [1.165, 1.54) is 19.2 Å². The molecule has 0 aromatic carbocycles. The third-order valence-electron chi connectivity index (χ3n) is 3.04. The Morgan fingerprint density at radius 1 is 1.63 bits per heavy atom. The van der Waals surface area contributed by atoms with Crippen LogP contribution in [0.25, 0.3) is 0 Å². The lowest BCUT2D eigenvalue weighted by molar-refractivity contribution is -0.0986. The summed E-state index contributed by atoms with van der Waals surface area (Å²) < 4.78 is 6.30. The molecule has 8 heteroatoms. The Morgan fingerprint density at radius 2 is 2.26 bits per heavy atom. The predicted octanol–water partition coefficient (Wildman–Crippen LogP) is -1.54. The maximum atomic E-state index is 11.7. The second-order valence-corrected chi connectivity index (χ2v) is 4.42. The van der Waals surface area contributed by atoms with Crippen molar-refractivity contribution in [1.29, 1.82) is 0 Å². The van der Waals surface area contributed by atoms with Crippen molar-refractivity contribution in [2.75, 3.05) is 12.3 Å². The van der Waals surface area contributed by atoms with Gasteiger partial charge in [-0.1, -0.05) is 7.43 Å². The highest BCUT2D eigenvalue weighted by atomic mass is 16.6. The van der Waals surface area contributed by atoms with E-state index in [4.69, 9.17) is 15.6 Å². The van der Waals surface area contributed by atoms with Crippen LogP contribution >= 0.6 is 0 Å². The molecule has 1 aromatic rings. The zero-order chi connectivity index (χ0) is 13.5. The second-order valence-electron chi connectivity index (χ2n) is 4.42. The maximum absolute atomic E-state index is 11.7. The van der Waals surface area contributed by atoms with Crippen molar-refractivity contribution in [2.45, 2.75) is 38.4 Å². The highest BCUT2D eigenvalue weighted by Gasteiger charge is 2.53. The molecule has 1 aliphatic rings. The van der Waals surface area contributed by atoms with Crippen molar-refractivity contribution >= 4 is 5.82 Å². The molecule has 0 aliphatic carbocycles. The molecule has 4 atom stereocenters. The quantitative estimate of drug-likeness (QED) is 0.513. The molecule has 0 spiro atoms. The van der Waals surface area contributed by atoms with Crippen LogP contribution < -0.4 is 11.4 Å². The number of aliphatic hydroxyl groups excluding tert-OH is 2. The number of nitrogens with two attached hydrogens (primary N) is 1. The van der Waals surface area contributed by atoms with E-state index >= 15 is 0 Å². The van der Waals surface area contributed by atoms with Crippen LogP contribution in [0.3, 0.4) is 0 Å². The van der Waals surface area contributed by atoms with E-state index in [-0.39, 0.29) is 13.2 Å². The number of anilines is 1. The fraction of sp³-hybridized carbons (Fsp3) is 0.636. The molecular weight excluding hydrogens is 254 g/mol. The fourth-order valence-electron chi connectivity index (χ4n) is 1.99. The fourth-order valence-corrected chi connectivity index (χ4v) is 1.99. The zero-order valence-corrected chi connectivity index (χ0v) is 9.72. The number of hydrogen-bond acceptors (Lipinski definition) is 7. The average molecular weight is 273 g/mol. The van der Waals surface area contributed by atoms with E-state index in [0.29, 0.717) is 0 Å². The van der Waals surface area contributed by atoms with E-state index in [2.05, 4.69) is 4.98 Å². The standard InChI is InChI=1S/C10H15N3O5.CH4/c1-10(17)7(15)5(4-14)18-8(10)13-3-2-6(11)12-9(13)16;/h2-3,5,7-8,14-15,17H,4H2,1H3,(H2,11,12,16);1H4/t5-,7+,8-,10?;/m1./s1. The SMILES string of the molecule is C.CC1(O)[C@@H](O)[C@@H](CO)O[C@H]1n1ccc(N)nc1=O. The van der Waals surface area contributed by atoms with Crippen LogP contribution in [0.15, 0.2) is 17.1 Å². The number of aliphatic hydroxyl groups is 3. The smallest absolute Gasteiger partial charge is 0.351 e. The van der Waals surface area contributed by atoms with Crippen LogP contribution in [0.5, 0.6) is 0 Å². The second kappa shape index (κ2) is 5.25. The lowest BCUT2D eigenvalue weighted by atomic mass is 9.96. The molecule has 1 fully saturated rings. The van der Waals surface area contributed by atoms with Crippen molar-refractivity contribution in [3.8, 4) is 0 Å². The summed E-state index contributed by atoms with van der Waals surface area (Å²) >= 11 is 0. The molecule has 2 rings (SSSR count). The molecule has 0 radical (unpaired) electrons. The molecule has 1 saturated heterocycles. The first-order valence-electron chi connectivity index (χ1n) is 5.39. The summed E-state index contributed by atoms with van der Waals surface area (Å²) in [6.45, 7) is 0.853. The Bertz CT molecular complexity index is 501. The van der Waals surface area contributed by atoms with Gasteiger partial charge in [-0.3, -0.25) is 4.57 Å². The van der Waals surface area contributed by atoms with Crippen LogP contribution in [0.4, 0.5) is 5.82 Å². The topological polar surface area (TPSA) is 131 Å². The van der Waals surface area contributed by atoms with Gasteiger partial charge in [-0.25, -0.2) is 4.79 Å². The third-order valence-corrected chi connectivity index (χ3v) is 3.04. The number of nitrogens with zero attached hydrogens (tertiary/aromatic N) is 2. The summed E-state index contributed by atoms with van der Waals surface area (Å²) in [6.07, 6.45) is -2.09. The largest absolute Gasteiger partial charge is 0.394 e. The molecule has 108 valence electrons. The molecule has 0 amide bonds. The number of ether oxygens (including phenoxy) is 1. The van der Waals surface area contributed by atoms with Gasteiger partial charge in [0.2, 0.25) is 0 Å². The molecule has 5 N–H and O–H groups in total. The van der Waals surface area contributed by atoms with Gasteiger partial charge >= 0.3 is 5.69 Å². The van der Waals surface area contributed by atoms with E-state index in [9.17, 15) is 15.0 Å². The maximum Gasteiger partial charge on any atom is 0.351 e. The lowest BCUT2D eigenvalue weighted by Crippen LogP contribution is -2.46. The van der Waals surface area contributed by atoms with E-state index < -0.39 is 36.3 Å². The van der Waals surface area contributed by atoms with Crippen molar-refractivity contribution in [3.05, 3.63) is 22.7 Å². The van der Waals surface area contributed by atoms with Gasteiger partial charge < -0.3 is 25.8 Å². The van der Waals surface area contributed by atoms with Crippen LogP contribution in [-0.2, 0) is 4.74 Å². The van der Waals surface area contributed by atoms with Gasteiger partial charge in [-0.2, -0.15) is 4.98 Å². The Balaban J connectivity index is 0.00000180. The van der Waals surface area contributed by atoms with Gasteiger partial charge in [0.15, 0.2) is 6.23 Å². The van der Waals surface area contributed by atoms with Crippen LogP contribution in [-0.4, -0.2) is 49.3 Å². The first-order chi connectivity index (χ1) is 8.37. The molecule has 1 aromatic heterocycles. The van der Waals surface area contributed by atoms with E-state index in [0.717, 1.165) is 4.57 Å². The molecular formula is C11H19N3O5. The Morgan fingerprint density at radius 3 is 2.74 bits per heavy atom. The van der Waals surface area contributed by atoms with E-state index in [1.807, 2.05) is 0 Å². The number of rotatable bonds is 2. The van der Waals surface area contributed by atoms with Gasteiger partial charge in [0, 0.05) is 6.20 Å². The molecule has 0 saturated carbocycles. The summed E-state index contributed by atoms with van der Waals surface area (Å²) in [5.74, 6) is 0.0492. The normalized spacial score (nSPS) is 34.0. The van der Waals surface area contributed by atoms with Gasteiger partial charge in [-0.05, 0) is 13.0 Å². The molecule has 8 nitrogen and oxygen atoms in total. The highest BCUT2D eigenvalue weighted by Crippen LogP contribution is 2.37. The molecule has 0 bridgehead atoms. The van der Waals surface area contributed by atoms with Gasteiger partial charge in [0.1, 0.15) is 23.6 Å². The summed E-state index contributed by atoms with van der Waals surface area (Å²) in [7, 11) is 0. The Kier molecular flexibility index (Phi) is 4.31. The summed E-state index contributed by atoms with van der Waals surface area (Å²) in [6, 6.07) is 1.37. The molecule has 1 unspecified atom stereocenters. The summed E-state index contributed by atoms with van der Waals surface area (Å²) in [5.41, 5.74) is 2.94. The lowest BCUT2D eigenvalue weighted by Gasteiger charge is -2.27. The Labute approximate surface area is 110 Å². The van der Waals surface area contributed by atoms with Crippen molar-refractivity contribution in [3.63, 3.8) is 0 Å². The van der Waals surface area contributed by atoms with Gasteiger partial charge in [0.05, 0.1) is 6.61 Å². The first kappa shape index (κ1) is 15.6. The van der Waals surface area contributed by atoms with Crippen molar-refractivity contribution < 1.29 is 20.1 Å². The summed E-state index contributed by atoms with van der Waals surface area (Å²) in [5, 5.41) is 29.0. The molecule has 1 aliphatic heterocycles. The van der Waals surface area contributed by atoms with E-state index in [1.54, 1.807) is 0 Å². The number of aromatic nitrogens is 2. The minimum absolute atomic E-state index is 0. The van der Waals surface area contributed by atoms with Crippen molar-refractivity contribution in [2.24, 2.45) is 0 Å².